The maximum absolute atomic E-state index is 8.57. The van der Waals surface area contributed by atoms with Gasteiger partial charge in [0, 0.05) is 0 Å². The maximum atomic E-state index is 8.57. The van der Waals surface area contributed by atoms with Crippen molar-refractivity contribution in [2.75, 3.05) is 0 Å². The van der Waals surface area contributed by atoms with E-state index in [0.717, 1.165) is 0 Å². The van der Waals surface area contributed by atoms with Crippen molar-refractivity contribution in [2.45, 2.75) is 0 Å². The van der Waals surface area contributed by atoms with E-state index in [-0.39, 0.29) is 27.7 Å². The zero-order chi connectivity index (χ0) is 3.58. The number of rotatable bonds is 0. The van der Waals surface area contributed by atoms with Crippen LogP contribution in [0.4, 0.5) is 0 Å². The zero-order valence-electron chi connectivity index (χ0n) is 2.31. The first-order valence-corrected chi connectivity index (χ1v) is 3.11. The normalized spacial score (nSPS) is 7.20. The molecule has 0 unspecified atom stereocenters. The first-order valence-electron chi connectivity index (χ1n) is 0.463. The maximum Gasteiger partial charge on any atom is 1.00 e. The van der Waals surface area contributed by atoms with Crippen LogP contribution in [0.3, 0.4) is 0 Å². The van der Waals surface area contributed by atoms with Gasteiger partial charge in [0.1, 0.15) is 0 Å². The van der Waals surface area contributed by atoms with Gasteiger partial charge in [-0.25, -0.2) is 0 Å². The van der Waals surface area contributed by atoms with Gasteiger partial charge in [-0.3, -0.25) is 0 Å². The summed E-state index contributed by atoms with van der Waals surface area (Å²) < 4.78 is 25.7. The van der Waals surface area contributed by atoms with E-state index in [1.54, 1.807) is 0 Å². The fourth-order valence-corrected chi connectivity index (χ4v) is 0. The molecule has 0 aromatic rings. The second kappa shape index (κ2) is 5.55. The van der Waals surface area contributed by atoms with Crippen molar-refractivity contribution in [3.05, 3.63) is 0 Å². The molecule has 0 bridgehead atoms. The van der Waals surface area contributed by atoms with Gasteiger partial charge < -0.3 is 10.3 Å². The predicted molar refractivity (Wildman–Crippen MR) is 0 cm³/mol. The van der Waals surface area contributed by atoms with Gasteiger partial charge in [0.25, 0.3) is 21.1 Å². The third-order valence-electron chi connectivity index (χ3n) is 0. The van der Waals surface area contributed by atoms with Crippen LogP contribution in [0, 0.1) is 0 Å². The van der Waals surface area contributed by atoms with E-state index in [4.69, 9.17) is 10.3 Å². The topological polar surface area (TPSA) is 69.2 Å². The zero-order valence-corrected chi connectivity index (χ0v) is 9.97. The molecule has 3 nitrogen and oxygen atoms in total. The van der Waals surface area contributed by atoms with Crippen molar-refractivity contribution < 1.29 is 59.0 Å². The molecule has 0 aliphatic rings. The Balaban J connectivity index is 0. The molecule has 0 aliphatic heterocycles. The van der Waals surface area contributed by atoms with Crippen molar-refractivity contribution >= 4 is 0 Å². The Labute approximate surface area is 58.6 Å². The Morgan fingerprint density at radius 1 is 1.00 bits per heavy atom. The molecule has 27 valence electrons. The Bertz CT molecular complexity index is 11.6. The summed E-state index contributed by atoms with van der Waals surface area (Å²) in [4.78, 5) is 0. The SMILES string of the molecule is [Hg+].[O-][I+2]([O-])[O-]. The third-order valence-corrected chi connectivity index (χ3v) is 0. The molecule has 0 N–H and O–H groups in total. The van der Waals surface area contributed by atoms with Crippen molar-refractivity contribution in [1.82, 2.24) is 0 Å². The molecular weight excluding hydrogens is 375 g/mol. The van der Waals surface area contributed by atoms with Crippen LogP contribution in [0.5, 0.6) is 0 Å². The van der Waals surface area contributed by atoms with Crippen molar-refractivity contribution in [2.24, 2.45) is 0 Å². The number of halogens is 1. The monoisotopic (exact) mass is 377 g/mol. The number of hydrogen-bond acceptors (Lipinski definition) is 3. The molecule has 0 rings (SSSR count). The molecule has 1 radical (unpaired) electrons. The van der Waals surface area contributed by atoms with E-state index >= 15 is 0 Å². The molecule has 0 heterocycles. The first-order chi connectivity index (χ1) is 1.73. The Kier molecular flexibility index (Phi) is 10.8. The van der Waals surface area contributed by atoms with Gasteiger partial charge in [0.05, 0.1) is 0 Å². The largest absolute Gasteiger partial charge is 1.00 e. The molecule has 0 saturated carbocycles. The first kappa shape index (κ1) is 9.74. The minimum atomic E-state index is -4.01. The van der Waals surface area contributed by atoms with Crippen LogP contribution in [0.15, 0.2) is 0 Å². The molecule has 0 aromatic heterocycles. The average molecular weight is 375 g/mol. The van der Waals surface area contributed by atoms with Crippen molar-refractivity contribution in [3.63, 3.8) is 0 Å². The van der Waals surface area contributed by atoms with Gasteiger partial charge in [-0.15, -0.1) is 0 Å². The molecule has 0 fully saturated rings. The van der Waals surface area contributed by atoms with Crippen LogP contribution in [-0.4, -0.2) is 0 Å². The summed E-state index contributed by atoms with van der Waals surface area (Å²) in [6, 6.07) is 0. The summed E-state index contributed by atoms with van der Waals surface area (Å²) in [5.74, 6) is 0. The predicted octanol–water partition coefficient (Wildman–Crippen LogP) is -6.57. The van der Waals surface area contributed by atoms with E-state index in [1.165, 1.54) is 0 Å². The molecule has 0 atom stereocenters. The quantitative estimate of drug-likeness (QED) is 0.312. The summed E-state index contributed by atoms with van der Waals surface area (Å²) >= 11 is -4.01. The van der Waals surface area contributed by atoms with Crippen LogP contribution in [0.2, 0.25) is 0 Å². The van der Waals surface area contributed by atoms with Gasteiger partial charge >= 0.3 is 27.7 Å². The van der Waals surface area contributed by atoms with Crippen LogP contribution >= 0.6 is 0 Å². The second-order valence-corrected chi connectivity index (χ2v) is 1.27. The van der Waals surface area contributed by atoms with E-state index in [1.807, 2.05) is 0 Å². The molecule has 0 amide bonds. The van der Waals surface area contributed by atoms with Crippen LogP contribution in [0.1, 0.15) is 0 Å². The molecule has 5 heavy (non-hydrogen) atoms. The minimum Gasteiger partial charge on any atom is -0.427 e. The molecule has 5 heteroatoms. The number of hydrogen-bond donors (Lipinski definition) is 0. The Morgan fingerprint density at radius 2 is 1.00 bits per heavy atom. The summed E-state index contributed by atoms with van der Waals surface area (Å²) in [6.45, 7) is 0. The van der Waals surface area contributed by atoms with Gasteiger partial charge in [-0.2, -0.15) is 0 Å². The Hall–Kier alpha value is 1.55. The van der Waals surface area contributed by atoms with Crippen molar-refractivity contribution in [3.8, 4) is 0 Å². The minimum absolute atomic E-state index is 0. The molecule has 0 spiro atoms. The molecular formula is HgIO3. The van der Waals surface area contributed by atoms with E-state index in [9.17, 15) is 0 Å². The molecule has 0 saturated heterocycles. The smallest absolute Gasteiger partial charge is 0.427 e. The van der Waals surface area contributed by atoms with Crippen LogP contribution in [0.25, 0.3) is 0 Å². The van der Waals surface area contributed by atoms with E-state index in [0.29, 0.717) is 0 Å². The van der Waals surface area contributed by atoms with Gasteiger partial charge in [0.15, 0.2) is 0 Å². The second-order valence-electron chi connectivity index (χ2n) is 0.189. The van der Waals surface area contributed by atoms with Crippen molar-refractivity contribution in [1.29, 1.82) is 0 Å². The standard InChI is InChI=1S/Hg.IO3/c;2-1(3)4/q+1;-1. The molecule has 0 aromatic carbocycles. The average Bonchev–Trinajstić information content (AvgIpc) is 0.811. The molecule has 0 aliphatic carbocycles. The fraction of sp³-hybridized carbons (Fsp3) is 0. The van der Waals surface area contributed by atoms with Gasteiger partial charge in [-0.05, 0) is 0 Å². The third kappa shape index (κ3) is 29.2. The summed E-state index contributed by atoms with van der Waals surface area (Å²) in [7, 11) is 0. The van der Waals surface area contributed by atoms with E-state index in [2.05, 4.69) is 0 Å². The summed E-state index contributed by atoms with van der Waals surface area (Å²) in [5.41, 5.74) is 0. The Morgan fingerprint density at radius 3 is 1.00 bits per heavy atom. The van der Waals surface area contributed by atoms with E-state index < -0.39 is 21.1 Å². The fourth-order valence-electron chi connectivity index (χ4n) is 0. The van der Waals surface area contributed by atoms with Crippen LogP contribution in [-0.2, 0) is 27.7 Å². The summed E-state index contributed by atoms with van der Waals surface area (Å²) in [5, 5.41) is 0. The van der Waals surface area contributed by atoms with Gasteiger partial charge in [-0.1, -0.05) is 0 Å². The van der Waals surface area contributed by atoms with Crippen LogP contribution < -0.4 is 31.4 Å². The summed E-state index contributed by atoms with van der Waals surface area (Å²) in [6.07, 6.45) is 0. The van der Waals surface area contributed by atoms with Gasteiger partial charge in [0.2, 0.25) is 0 Å².